The van der Waals surface area contributed by atoms with Crippen molar-refractivity contribution in [1.29, 1.82) is 0 Å². The van der Waals surface area contributed by atoms with Crippen molar-refractivity contribution in [2.75, 3.05) is 18.1 Å². The summed E-state index contributed by atoms with van der Waals surface area (Å²) in [4.78, 5) is 21.5. The Bertz CT molecular complexity index is 240. The van der Waals surface area contributed by atoms with E-state index in [1.54, 1.807) is 6.92 Å². The summed E-state index contributed by atoms with van der Waals surface area (Å²) in [5, 5.41) is 8.50. The fourth-order valence-electron chi connectivity index (χ4n) is 0.631. The Kier molecular flexibility index (Phi) is 8.44. The fraction of sp³-hybridized carbons (Fsp3) is 0.750. The topological polar surface area (TPSA) is 116 Å². The number of rotatable bonds is 8. The fourth-order valence-corrected chi connectivity index (χ4v) is 2.85. The van der Waals surface area contributed by atoms with E-state index < -0.39 is 24.0 Å². The van der Waals surface area contributed by atoms with Crippen LogP contribution >= 0.6 is 21.6 Å². The van der Waals surface area contributed by atoms with Crippen molar-refractivity contribution in [3.05, 3.63) is 0 Å². The largest absolute Gasteiger partial charge is 0.480 e. The Morgan fingerprint density at radius 2 is 1.75 bits per heavy atom. The quantitative estimate of drug-likeness (QED) is 0.311. The van der Waals surface area contributed by atoms with E-state index in [1.165, 1.54) is 21.6 Å². The first-order valence-corrected chi connectivity index (χ1v) is 7.12. The summed E-state index contributed by atoms with van der Waals surface area (Å²) in [6.45, 7) is 2.01. The number of carboxylic acids is 1. The average molecular weight is 268 g/mol. The number of hydrogen-bond donors (Lipinski definition) is 3. The van der Waals surface area contributed by atoms with E-state index in [4.69, 9.17) is 21.3 Å². The number of carbonyl (C=O) groups is 2. The van der Waals surface area contributed by atoms with Gasteiger partial charge in [-0.25, -0.2) is 0 Å². The molecule has 0 aromatic carbocycles. The number of aliphatic carboxylic acids is 1. The molecule has 0 fully saturated rings. The van der Waals surface area contributed by atoms with Gasteiger partial charge in [-0.3, -0.25) is 9.59 Å². The molecule has 0 rings (SSSR count). The van der Waals surface area contributed by atoms with Crippen LogP contribution in [0.2, 0.25) is 0 Å². The second kappa shape index (κ2) is 8.68. The lowest BCUT2D eigenvalue weighted by molar-refractivity contribution is -0.144. The Morgan fingerprint density at radius 3 is 2.19 bits per heavy atom. The molecular formula is C8H16N2O4S2. The van der Waals surface area contributed by atoms with Crippen molar-refractivity contribution < 1.29 is 19.4 Å². The summed E-state index contributed by atoms with van der Waals surface area (Å²) in [6, 6.07) is -1.57. The molecule has 0 saturated heterocycles. The first-order valence-electron chi connectivity index (χ1n) is 4.64. The van der Waals surface area contributed by atoms with Crippen molar-refractivity contribution in [2.45, 2.75) is 19.0 Å². The Labute approximate surface area is 102 Å². The molecule has 8 heteroatoms. The second-order valence-corrected chi connectivity index (χ2v) is 5.42. The number of carbonyl (C=O) groups excluding carboxylic acids is 1. The normalized spacial score (nSPS) is 14.2. The zero-order chi connectivity index (χ0) is 12.6. The Balaban J connectivity index is 3.58. The summed E-state index contributed by atoms with van der Waals surface area (Å²) in [7, 11) is 2.59. The molecule has 2 atom stereocenters. The highest BCUT2D eigenvalue weighted by atomic mass is 33.1. The van der Waals surface area contributed by atoms with Crippen LogP contribution in [-0.2, 0) is 14.3 Å². The summed E-state index contributed by atoms with van der Waals surface area (Å²) < 4.78 is 4.71. The third-order valence-electron chi connectivity index (χ3n) is 1.49. The molecule has 94 valence electrons. The standard InChI is InChI=1S/C8H16N2O4S2/c1-2-14-8(13)6(10)4-16-15-3-5(9)7(11)12/h5-6H,2-4,9-10H2,1H3,(H,11,12)/t5-,6+/m1/s1. The molecule has 0 radical (unpaired) electrons. The molecule has 0 bridgehead atoms. The van der Waals surface area contributed by atoms with E-state index in [0.29, 0.717) is 12.4 Å². The third kappa shape index (κ3) is 6.94. The highest BCUT2D eigenvalue weighted by Gasteiger charge is 2.16. The van der Waals surface area contributed by atoms with Gasteiger partial charge in [-0.05, 0) is 6.92 Å². The molecule has 0 aliphatic heterocycles. The smallest absolute Gasteiger partial charge is 0.323 e. The maximum atomic E-state index is 11.1. The molecule has 0 unspecified atom stereocenters. The molecular weight excluding hydrogens is 252 g/mol. The van der Waals surface area contributed by atoms with E-state index >= 15 is 0 Å². The van der Waals surface area contributed by atoms with Gasteiger partial charge in [-0.15, -0.1) is 0 Å². The SMILES string of the molecule is CCOC(=O)[C@@H](N)CSSC[C@@H](N)C(=O)O. The van der Waals surface area contributed by atoms with Gasteiger partial charge >= 0.3 is 11.9 Å². The van der Waals surface area contributed by atoms with Crippen LogP contribution in [0.4, 0.5) is 0 Å². The van der Waals surface area contributed by atoms with Gasteiger partial charge in [-0.2, -0.15) is 0 Å². The van der Waals surface area contributed by atoms with E-state index in [-0.39, 0.29) is 5.75 Å². The minimum Gasteiger partial charge on any atom is -0.480 e. The number of hydrogen-bond acceptors (Lipinski definition) is 7. The molecule has 6 nitrogen and oxygen atoms in total. The molecule has 16 heavy (non-hydrogen) atoms. The van der Waals surface area contributed by atoms with Crippen molar-refractivity contribution >= 4 is 33.5 Å². The Hall–Kier alpha value is -0.440. The molecule has 5 N–H and O–H groups in total. The Morgan fingerprint density at radius 1 is 1.25 bits per heavy atom. The highest BCUT2D eigenvalue weighted by molar-refractivity contribution is 8.76. The predicted octanol–water partition coefficient (Wildman–Crippen LogP) is -0.330. The molecule has 0 aliphatic rings. The third-order valence-corrected chi connectivity index (χ3v) is 3.96. The maximum Gasteiger partial charge on any atom is 0.323 e. The molecule has 0 saturated carbocycles. The van der Waals surface area contributed by atoms with E-state index in [9.17, 15) is 9.59 Å². The molecule has 0 aromatic heterocycles. The van der Waals surface area contributed by atoms with Crippen molar-refractivity contribution in [2.24, 2.45) is 11.5 Å². The van der Waals surface area contributed by atoms with Gasteiger partial charge in [0, 0.05) is 11.5 Å². The second-order valence-electron chi connectivity index (χ2n) is 2.87. The minimum atomic E-state index is -1.04. The van der Waals surface area contributed by atoms with Crippen LogP contribution < -0.4 is 11.5 Å². The predicted molar refractivity (Wildman–Crippen MR) is 65.1 cm³/mol. The van der Waals surface area contributed by atoms with E-state index in [0.717, 1.165) is 0 Å². The highest BCUT2D eigenvalue weighted by Crippen LogP contribution is 2.22. The first-order chi connectivity index (χ1) is 7.49. The van der Waals surface area contributed by atoms with Gasteiger partial charge in [0.15, 0.2) is 0 Å². The lowest BCUT2D eigenvalue weighted by Gasteiger charge is -2.10. The van der Waals surface area contributed by atoms with E-state index in [1.807, 2.05) is 0 Å². The maximum absolute atomic E-state index is 11.1. The van der Waals surface area contributed by atoms with Crippen molar-refractivity contribution in [1.82, 2.24) is 0 Å². The van der Waals surface area contributed by atoms with Gasteiger partial charge in [0.1, 0.15) is 12.1 Å². The summed E-state index contributed by atoms with van der Waals surface area (Å²) in [5.41, 5.74) is 10.8. The average Bonchev–Trinajstić information content (AvgIpc) is 2.23. The van der Waals surface area contributed by atoms with Crippen LogP contribution in [0.1, 0.15) is 6.92 Å². The summed E-state index contributed by atoms with van der Waals surface area (Å²) in [5.74, 6) is -0.841. The molecule has 0 aliphatic carbocycles. The lowest BCUT2D eigenvalue weighted by atomic mass is 10.4. The number of esters is 1. The van der Waals surface area contributed by atoms with Gasteiger partial charge in [0.05, 0.1) is 6.61 Å². The van der Waals surface area contributed by atoms with E-state index in [2.05, 4.69) is 0 Å². The zero-order valence-electron chi connectivity index (χ0n) is 8.92. The molecule has 0 aromatic rings. The lowest BCUT2D eigenvalue weighted by Crippen LogP contribution is -2.35. The van der Waals surface area contributed by atoms with Crippen LogP contribution in [-0.4, -0.2) is 47.2 Å². The number of ether oxygens (including phenoxy) is 1. The summed E-state index contributed by atoms with van der Waals surface area (Å²) in [6.07, 6.45) is 0. The molecule has 0 heterocycles. The zero-order valence-corrected chi connectivity index (χ0v) is 10.6. The first kappa shape index (κ1) is 15.6. The summed E-state index contributed by atoms with van der Waals surface area (Å²) >= 11 is 0. The van der Waals surface area contributed by atoms with Crippen molar-refractivity contribution in [3.8, 4) is 0 Å². The van der Waals surface area contributed by atoms with Gasteiger partial charge in [-0.1, -0.05) is 21.6 Å². The van der Waals surface area contributed by atoms with Crippen LogP contribution in [0.3, 0.4) is 0 Å². The number of nitrogens with two attached hydrogens (primary N) is 2. The molecule has 0 amide bonds. The van der Waals surface area contributed by atoms with Crippen molar-refractivity contribution in [3.63, 3.8) is 0 Å². The van der Waals surface area contributed by atoms with Gasteiger partial charge in [0.2, 0.25) is 0 Å². The van der Waals surface area contributed by atoms with Crippen LogP contribution in [0, 0.1) is 0 Å². The van der Waals surface area contributed by atoms with Crippen LogP contribution in [0.15, 0.2) is 0 Å². The van der Waals surface area contributed by atoms with Gasteiger partial charge in [0.25, 0.3) is 0 Å². The van der Waals surface area contributed by atoms with Crippen LogP contribution in [0.25, 0.3) is 0 Å². The number of carboxylic acid groups (broad SMARTS) is 1. The monoisotopic (exact) mass is 268 g/mol. The van der Waals surface area contributed by atoms with Gasteiger partial charge < -0.3 is 21.3 Å². The molecule has 0 spiro atoms. The van der Waals surface area contributed by atoms with Crippen LogP contribution in [0.5, 0.6) is 0 Å². The minimum absolute atomic E-state index is 0.273.